The normalized spacial score (nSPS) is 27.2. The van der Waals surface area contributed by atoms with E-state index in [2.05, 4.69) is 29.4 Å². The number of likely N-dealkylation sites (tertiary alicyclic amines) is 2. The minimum atomic E-state index is -0.0294. The first-order valence-electron chi connectivity index (χ1n) is 9.82. The number of likely N-dealkylation sites (N-methyl/N-ethyl adjacent to an activating group) is 1. The molecule has 2 heterocycles. The zero-order valence-electron chi connectivity index (χ0n) is 16.2. The summed E-state index contributed by atoms with van der Waals surface area (Å²) in [4.78, 5) is 28.8. The molecule has 2 fully saturated rings. The zero-order chi connectivity index (χ0) is 18.7. The van der Waals surface area contributed by atoms with Gasteiger partial charge in [-0.15, -0.1) is 0 Å². The average Bonchev–Trinajstić information content (AvgIpc) is 2.63. The van der Waals surface area contributed by atoms with Gasteiger partial charge in [-0.3, -0.25) is 9.59 Å². The lowest BCUT2D eigenvalue weighted by atomic mass is 9.89. The van der Waals surface area contributed by atoms with Gasteiger partial charge in [0.05, 0.1) is 0 Å². The Hall–Kier alpha value is -1.88. The lowest BCUT2D eigenvalue weighted by Crippen LogP contribution is -2.55. The van der Waals surface area contributed by atoms with Crippen LogP contribution in [0.2, 0.25) is 0 Å². The first-order valence-corrected chi connectivity index (χ1v) is 9.82. The van der Waals surface area contributed by atoms with Crippen LogP contribution in [0.1, 0.15) is 61.4 Å². The highest BCUT2D eigenvalue weighted by Crippen LogP contribution is 2.27. The number of rotatable bonds is 3. The molecule has 2 amide bonds. The van der Waals surface area contributed by atoms with Gasteiger partial charge in [-0.2, -0.15) is 0 Å². The molecule has 1 aromatic carbocycles. The van der Waals surface area contributed by atoms with Crippen molar-refractivity contribution in [3.05, 3.63) is 35.4 Å². The molecule has 1 unspecified atom stereocenters. The van der Waals surface area contributed by atoms with Crippen LogP contribution in [0.15, 0.2) is 24.3 Å². The third kappa shape index (κ3) is 4.26. The fourth-order valence-electron chi connectivity index (χ4n) is 4.40. The molecule has 1 aromatic rings. The SMILES string of the molecule is CC(=O)N1CCC[C@@H](NC(=O)c2cccc(C3CCCN(C)C3)c2)[C@H]1C. The maximum Gasteiger partial charge on any atom is 0.251 e. The maximum absolute atomic E-state index is 12.8. The summed E-state index contributed by atoms with van der Waals surface area (Å²) < 4.78 is 0. The zero-order valence-corrected chi connectivity index (χ0v) is 16.2. The second kappa shape index (κ2) is 8.21. The van der Waals surface area contributed by atoms with E-state index >= 15 is 0 Å². The molecule has 2 aliphatic heterocycles. The molecule has 5 heteroatoms. The maximum atomic E-state index is 12.8. The number of nitrogens with zero attached hydrogens (tertiary/aromatic N) is 2. The number of carbonyl (C=O) groups excluding carboxylic acids is 2. The monoisotopic (exact) mass is 357 g/mol. The van der Waals surface area contributed by atoms with Gasteiger partial charge in [-0.05, 0) is 69.8 Å². The Labute approximate surface area is 156 Å². The van der Waals surface area contributed by atoms with Crippen molar-refractivity contribution in [3.63, 3.8) is 0 Å². The summed E-state index contributed by atoms with van der Waals surface area (Å²) >= 11 is 0. The molecule has 26 heavy (non-hydrogen) atoms. The van der Waals surface area contributed by atoms with E-state index in [-0.39, 0.29) is 23.9 Å². The average molecular weight is 357 g/mol. The second-order valence-electron chi connectivity index (χ2n) is 7.90. The molecular weight excluding hydrogens is 326 g/mol. The first-order chi connectivity index (χ1) is 12.5. The molecule has 3 atom stereocenters. The van der Waals surface area contributed by atoms with Gasteiger partial charge in [0.2, 0.25) is 5.91 Å². The second-order valence-corrected chi connectivity index (χ2v) is 7.90. The summed E-state index contributed by atoms with van der Waals surface area (Å²) in [5, 5.41) is 3.17. The Kier molecular flexibility index (Phi) is 5.97. The molecule has 3 rings (SSSR count). The highest BCUT2D eigenvalue weighted by Gasteiger charge is 2.30. The van der Waals surface area contributed by atoms with Gasteiger partial charge in [-0.25, -0.2) is 0 Å². The Morgan fingerprint density at radius 1 is 1.15 bits per heavy atom. The van der Waals surface area contributed by atoms with Crippen LogP contribution in [0.25, 0.3) is 0 Å². The summed E-state index contributed by atoms with van der Waals surface area (Å²) in [5.41, 5.74) is 1.98. The minimum Gasteiger partial charge on any atom is -0.347 e. The summed E-state index contributed by atoms with van der Waals surface area (Å²) in [7, 11) is 2.16. The minimum absolute atomic E-state index is 0.0182. The lowest BCUT2D eigenvalue weighted by molar-refractivity contribution is -0.132. The van der Waals surface area contributed by atoms with Gasteiger partial charge in [-0.1, -0.05) is 12.1 Å². The third-order valence-corrected chi connectivity index (χ3v) is 5.95. The summed E-state index contributed by atoms with van der Waals surface area (Å²) in [6.07, 6.45) is 4.24. The largest absolute Gasteiger partial charge is 0.347 e. The van der Waals surface area contributed by atoms with E-state index in [1.54, 1.807) is 6.92 Å². The van der Waals surface area contributed by atoms with Crippen molar-refractivity contribution >= 4 is 11.8 Å². The lowest BCUT2D eigenvalue weighted by Gasteiger charge is -2.39. The van der Waals surface area contributed by atoms with E-state index in [0.29, 0.717) is 5.92 Å². The molecule has 2 saturated heterocycles. The highest BCUT2D eigenvalue weighted by molar-refractivity contribution is 5.94. The fraction of sp³-hybridized carbons (Fsp3) is 0.619. The number of carbonyl (C=O) groups is 2. The van der Waals surface area contributed by atoms with Crippen LogP contribution in [0.4, 0.5) is 0 Å². The van der Waals surface area contributed by atoms with Crippen molar-refractivity contribution in [2.75, 3.05) is 26.7 Å². The Morgan fingerprint density at radius 2 is 1.92 bits per heavy atom. The Morgan fingerprint density at radius 3 is 2.65 bits per heavy atom. The number of nitrogens with one attached hydrogen (secondary N) is 1. The number of benzene rings is 1. The van der Waals surface area contributed by atoms with Crippen LogP contribution < -0.4 is 5.32 Å². The van der Waals surface area contributed by atoms with Gasteiger partial charge in [0.1, 0.15) is 0 Å². The fourth-order valence-corrected chi connectivity index (χ4v) is 4.40. The number of piperidine rings is 2. The predicted octanol–water partition coefficient (Wildman–Crippen LogP) is 2.63. The molecule has 0 saturated carbocycles. The van der Waals surface area contributed by atoms with E-state index in [1.807, 2.05) is 24.0 Å². The smallest absolute Gasteiger partial charge is 0.251 e. The summed E-state index contributed by atoms with van der Waals surface area (Å²) in [6, 6.07) is 8.13. The first kappa shape index (κ1) is 18.9. The van der Waals surface area contributed by atoms with Crippen LogP contribution >= 0.6 is 0 Å². The van der Waals surface area contributed by atoms with Crippen molar-refractivity contribution in [2.45, 2.75) is 57.5 Å². The van der Waals surface area contributed by atoms with E-state index in [0.717, 1.165) is 38.0 Å². The van der Waals surface area contributed by atoms with Gasteiger partial charge >= 0.3 is 0 Å². The highest BCUT2D eigenvalue weighted by atomic mass is 16.2. The summed E-state index contributed by atoms with van der Waals surface area (Å²) in [6.45, 7) is 6.62. The predicted molar refractivity (Wildman–Crippen MR) is 103 cm³/mol. The molecule has 0 aromatic heterocycles. The van der Waals surface area contributed by atoms with Crippen molar-refractivity contribution in [2.24, 2.45) is 0 Å². The van der Waals surface area contributed by atoms with Crippen molar-refractivity contribution in [1.29, 1.82) is 0 Å². The van der Waals surface area contributed by atoms with Crippen LogP contribution in [0, 0.1) is 0 Å². The summed E-state index contributed by atoms with van der Waals surface area (Å²) in [5.74, 6) is 0.557. The molecule has 1 N–H and O–H groups in total. The Balaban J connectivity index is 1.68. The quantitative estimate of drug-likeness (QED) is 0.905. The van der Waals surface area contributed by atoms with Crippen LogP contribution in [0.5, 0.6) is 0 Å². The molecule has 142 valence electrons. The Bertz CT molecular complexity index is 660. The molecular formula is C21H31N3O2. The number of hydrogen-bond donors (Lipinski definition) is 1. The molecule has 0 radical (unpaired) electrons. The molecule has 5 nitrogen and oxygen atoms in total. The van der Waals surface area contributed by atoms with Gasteiger partial charge in [0, 0.05) is 37.7 Å². The van der Waals surface area contributed by atoms with Crippen LogP contribution in [-0.4, -0.2) is 60.4 Å². The van der Waals surface area contributed by atoms with Gasteiger partial charge < -0.3 is 15.1 Å². The van der Waals surface area contributed by atoms with Crippen molar-refractivity contribution < 1.29 is 9.59 Å². The van der Waals surface area contributed by atoms with Gasteiger partial charge in [0.25, 0.3) is 5.91 Å². The molecule has 2 aliphatic rings. The molecule has 0 spiro atoms. The van der Waals surface area contributed by atoms with E-state index in [4.69, 9.17) is 0 Å². The van der Waals surface area contributed by atoms with Crippen LogP contribution in [-0.2, 0) is 4.79 Å². The number of amides is 2. The van der Waals surface area contributed by atoms with Crippen molar-refractivity contribution in [3.8, 4) is 0 Å². The molecule has 0 bridgehead atoms. The standard InChI is InChI=1S/C21H31N3O2/c1-15-20(10-6-12-24(15)16(2)25)22-21(26)18-8-4-7-17(13-18)19-9-5-11-23(3)14-19/h4,7-8,13,15,19-20H,5-6,9-12,14H2,1-3H3,(H,22,26)/t15-,19?,20-/m1/s1. The molecule has 0 aliphatic carbocycles. The van der Waals surface area contributed by atoms with Crippen LogP contribution in [0.3, 0.4) is 0 Å². The third-order valence-electron chi connectivity index (χ3n) is 5.95. The van der Waals surface area contributed by atoms with Crippen molar-refractivity contribution in [1.82, 2.24) is 15.1 Å². The van der Waals surface area contributed by atoms with Gasteiger partial charge in [0.15, 0.2) is 0 Å². The number of hydrogen-bond acceptors (Lipinski definition) is 3. The van der Waals surface area contributed by atoms with E-state index in [1.165, 1.54) is 18.4 Å². The topological polar surface area (TPSA) is 52.7 Å². The van der Waals surface area contributed by atoms with E-state index in [9.17, 15) is 9.59 Å². The van der Waals surface area contributed by atoms with E-state index < -0.39 is 0 Å².